The Hall–Kier alpha value is -0.0400. The average molecular weight is 167 g/mol. The molecule has 12 heavy (non-hydrogen) atoms. The molecule has 1 heterocycles. The molecule has 2 atom stereocenters. The van der Waals surface area contributed by atoms with Gasteiger partial charge in [-0.25, -0.2) is 0 Å². The SMILES string of the molecule is CC(C1CC1)C1CCCCCN1. The first kappa shape index (κ1) is 8.55. The van der Waals surface area contributed by atoms with Gasteiger partial charge in [-0.05, 0) is 44.1 Å². The Bertz CT molecular complexity index is 132. The van der Waals surface area contributed by atoms with Gasteiger partial charge in [-0.1, -0.05) is 19.8 Å². The van der Waals surface area contributed by atoms with E-state index in [1.165, 1.54) is 45.1 Å². The van der Waals surface area contributed by atoms with Crippen molar-refractivity contribution in [3.63, 3.8) is 0 Å². The summed E-state index contributed by atoms with van der Waals surface area (Å²) in [7, 11) is 0. The van der Waals surface area contributed by atoms with Gasteiger partial charge in [0.05, 0.1) is 0 Å². The van der Waals surface area contributed by atoms with Crippen LogP contribution in [0.2, 0.25) is 0 Å². The fourth-order valence-electron chi connectivity index (χ4n) is 2.45. The lowest BCUT2D eigenvalue weighted by molar-refractivity contribution is 0.336. The van der Waals surface area contributed by atoms with Crippen molar-refractivity contribution < 1.29 is 0 Å². The summed E-state index contributed by atoms with van der Waals surface area (Å²) in [6.45, 7) is 3.71. The molecular weight excluding hydrogens is 146 g/mol. The van der Waals surface area contributed by atoms with Gasteiger partial charge in [0.15, 0.2) is 0 Å². The zero-order chi connectivity index (χ0) is 8.39. The Morgan fingerprint density at radius 3 is 2.67 bits per heavy atom. The highest BCUT2D eigenvalue weighted by atomic mass is 14.9. The predicted molar refractivity (Wildman–Crippen MR) is 52.1 cm³/mol. The third-order valence-electron chi connectivity index (χ3n) is 3.60. The lowest BCUT2D eigenvalue weighted by atomic mass is 9.93. The maximum Gasteiger partial charge on any atom is 0.00953 e. The third kappa shape index (κ3) is 2.01. The summed E-state index contributed by atoms with van der Waals surface area (Å²) in [6, 6.07) is 0.847. The van der Waals surface area contributed by atoms with Crippen molar-refractivity contribution in [2.75, 3.05) is 6.54 Å². The van der Waals surface area contributed by atoms with E-state index in [-0.39, 0.29) is 0 Å². The maximum absolute atomic E-state index is 3.70. The Morgan fingerprint density at radius 1 is 1.08 bits per heavy atom. The number of hydrogen-bond acceptors (Lipinski definition) is 1. The summed E-state index contributed by atoms with van der Waals surface area (Å²) < 4.78 is 0. The molecule has 2 aliphatic rings. The van der Waals surface area contributed by atoms with E-state index in [0.29, 0.717) is 0 Å². The van der Waals surface area contributed by atoms with E-state index >= 15 is 0 Å². The van der Waals surface area contributed by atoms with E-state index in [2.05, 4.69) is 12.2 Å². The molecule has 1 heteroatoms. The lowest BCUT2D eigenvalue weighted by Crippen LogP contribution is -2.35. The molecule has 1 aliphatic carbocycles. The first-order valence-corrected chi connectivity index (χ1v) is 5.61. The molecule has 2 unspecified atom stereocenters. The monoisotopic (exact) mass is 167 g/mol. The summed E-state index contributed by atoms with van der Waals surface area (Å²) in [5.41, 5.74) is 0. The topological polar surface area (TPSA) is 12.0 Å². The molecule has 1 saturated heterocycles. The Kier molecular flexibility index (Phi) is 2.69. The van der Waals surface area contributed by atoms with E-state index < -0.39 is 0 Å². The standard InChI is InChI=1S/C11H21N/c1-9(10-6-7-10)11-5-3-2-4-8-12-11/h9-12H,2-8H2,1H3. The zero-order valence-corrected chi connectivity index (χ0v) is 8.18. The summed E-state index contributed by atoms with van der Waals surface area (Å²) in [4.78, 5) is 0. The molecule has 0 spiro atoms. The van der Waals surface area contributed by atoms with Crippen LogP contribution in [0.4, 0.5) is 0 Å². The molecule has 0 radical (unpaired) electrons. The van der Waals surface area contributed by atoms with Crippen LogP contribution in [0.1, 0.15) is 45.4 Å². The fourth-order valence-corrected chi connectivity index (χ4v) is 2.45. The predicted octanol–water partition coefficient (Wildman–Crippen LogP) is 2.56. The highest BCUT2D eigenvalue weighted by Gasteiger charge is 2.32. The zero-order valence-electron chi connectivity index (χ0n) is 8.18. The minimum Gasteiger partial charge on any atom is -0.314 e. The van der Waals surface area contributed by atoms with Crippen LogP contribution in [0, 0.1) is 11.8 Å². The van der Waals surface area contributed by atoms with Gasteiger partial charge in [0, 0.05) is 6.04 Å². The molecule has 1 saturated carbocycles. The van der Waals surface area contributed by atoms with Gasteiger partial charge in [-0.2, -0.15) is 0 Å². The van der Waals surface area contributed by atoms with Crippen molar-refractivity contribution in [1.29, 1.82) is 0 Å². The molecule has 1 aliphatic heterocycles. The molecule has 0 bridgehead atoms. The first-order valence-electron chi connectivity index (χ1n) is 5.61. The molecule has 1 N–H and O–H groups in total. The van der Waals surface area contributed by atoms with Gasteiger partial charge >= 0.3 is 0 Å². The minimum atomic E-state index is 0.847. The summed E-state index contributed by atoms with van der Waals surface area (Å²) in [5.74, 6) is 2.02. The molecule has 2 fully saturated rings. The van der Waals surface area contributed by atoms with Crippen LogP contribution in [0.15, 0.2) is 0 Å². The van der Waals surface area contributed by atoms with Crippen molar-refractivity contribution in [1.82, 2.24) is 5.32 Å². The molecular formula is C11H21N. The van der Waals surface area contributed by atoms with Crippen LogP contribution >= 0.6 is 0 Å². The molecule has 0 aromatic rings. The van der Waals surface area contributed by atoms with E-state index in [9.17, 15) is 0 Å². The van der Waals surface area contributed by atoms with Gasteiger partial charge in [0.2, 0.25) is 0 Å². The van der Waals surface area contributed by atoms with E-state index in [1.807, 2.05) is 0 Å². The third-order valence-corrected chi connectivity index (χ3v) is 3.60. The summed E-state index contributed by atoms with van der Waals surface area (Å²) >= 11 is 0. The number of nitrogens with one attached hydrogen (secondary N) is 1. The number of rotatable bonds is 2. The van der Waals surface area contributed by atoms with Crippen LogP contribution in [-0.2, 0) is 0 Å². The lowest BCUT2D eigenvalue weighted by Gasteiger charge is -2.23. The average Bonchev–Trinajstić information content (AvgIpc) is 2.92. The molecule has 0 aromatic heterocycles. The quantitative estimate of drug-likeness (QED) is 0.666. The Morgan fingerprint density at radius 2 is 1.92 bits per heavy atom. The second kappa shape index (κ2) is 3.78. The van der Waals surface area contributed by atoms with E-state index in [1.54, 1.807) is 0 Å². The molecule has 70 valence electrons. The van der Waals surface area contributed by atoms with Crippen molar-refractivity contribution in [2.24, 2.45) is 11.8 Å². The van der Waals surface area contributed by atoms with Crippen LogP contribution < -0.4 is 5.32 Å². The molecule has 0 aromatic carbocycles. The van der Waals surface area contributed by atoms with Crippen LogP contribution in [0.5, 0.6) is 0 Å². The van der Waals surface area contributed by atoms with E-state index in [0.717, 1.165) is 17.9 Å². The smallest absolute Gasteiger partial charge is 0.00953 e. The van der Waals surface area contributed by atoms with Gasteiger partial charge < -0.3 is 5.32 Å². The largest absolute Gasteiger partial charge is 0.314 e. The fraction of sp³-hybridized carbons (Fsp3) is 1.00. The highest BCUT2D eigenvalue weighted by Crippen LogP contribution is 2.39. The second-order valence-electron chi connectivity index (χ2n) is 4.61. The first-order chi connectivity index (χ1) is 5.88. The number of hydrogen-bond donors (Lipinski definition) is 1. The molecule has 0 amide bonds. The van der Waals surface area contributed by atoms with Gasteiger partial charge in [-0.15, -0.1) is 0 Å². The van der Waals surface area contributed by atoms with E-state index in [4.69, 9.17) is 0 Å². The van der Waals surface area contributed by atoms with Gasteiger partial charge in [0.1, 0.15) is 0 Å². The van der Waals surface area contributed by atoms with Crippen molar-refractivity contribution in [2.45, 2.75) is 51.5 Å². The van der Waals surface area contributed by atoms with Crippen molar-refractivity contribution in [3.8, 4) is 0 Å². The van der Waals surface area contributed by atoms with Crippen molar-refractivity contribution in [3.05, 3.63) is 0 Å². The maximum atomic E-state index is 3.70. The minimum absolute atomic E-state index is 0.847. The highest BCUT2D eigenvalue weighted by molar-refractivity contribution is 4.87. The second-order valence-corrected chi connectivity index (χ2v) is 4.61. The summed E-state index contributed by atoms with van der Waals surface area (Å²) in [6.07, 6.45) is 8.72. The normalized spacial score (nSPS) is 34.2. The van der Waals surface area contributed by atoms with Crippen LogP contribution in [0.25, 0.3) is 0 Å². The Balaban J connectivity index is 1.82. The van der Waals surface area contributed by atoms with Gasteiger partial charge in [0.25, 0.3) is 0 Å². The van der Waals surface area contributed by atoms with Crippen LogP contribution in [0.3, 0.4) is 0 Å². The Labute approximate surface area is 75.9 Å². The van der Waals surface area contributed by atoms with Gasteiger partial charge in [-0.3, -0.25) is 0 Å². The molecule has 1 nitrogen and oxygen atoms in total. The summed E-state index contributed by atoms with van der Waals surface area (Å²) in [5, 5.41) is 3.70. The van der Waals surface area contributed by atoms with Crippen LogP contribution in [-0.4, -0.2) is 12.6 Å². The van der Waals surface area contributed by atoms with Crippen molar-refractivity contribution >= 4 is 0 Å². The molecule has 2 rings (SSSR count).